The lowest BCUT2D eigenvalue weighted by atomic mass is 10.1. The number of carbonyl (C=O) groups is 3. The Morgan fingerprint density at radius 2 is 1.84 bits per heavy atom. The molecule has 2 aromatic carbocycles. The van der Waals surface area contributed by atoms with Crippen LogP contribution in [0.15, 0.2) is 47.4 Å². The Morgan fingerprint density at radius 1 is 1.06 bits per heavy atom. The van der Waals surface area contributed by atoms with Crippen molar-refractivity contribution in [1.82, 2.24) is 4.90 Å². The molecule has 166 valence electrons. The average Bonchev–Trinajstić information content (AvgIpc) is 3.03. The summed E-state index contributed by atoms with van der Waals surface area (Å²) in [6, 6.07) is 10.1. The van der Waals surface area contributed by atoms with Gasteiger partial charge in [-0.15, -0.1) is 0 Å². The Morgan fingerprint density at radius 3 is 2.56 bits per heavy atom. The number of anilines is 2. The lowest BCUT2D eigenvalue weighted by Crippen LogP contribution is -2.36. The summed E-state index contributed by atoms with van der Waals surface area (Å²) in [4.78, 5) is 40.0. The van der Waals surface area contributed by atoms with Gasteiger partial charge in [0.2, 0.25) is 5.91 Å². The zero-order valence-electron chi connectivity index (χ0n) is 17.1. The Bertz CT molecular complexity index is 1100. The Labute approximate surface area is 188 Å². The van der Waals surface area contributed by atoms with Gasteiger partial charge in [0.1, 0.15) is 18.2 Å². The van der Waals surface area contributed by atoms with Crippen molar-refractivity contribution in [2.45, 2.75) is 19.3 Å². The van der Waals surface area contributed by atoms with Gasteiger partial charge in [-0.2, -0.15) is 0 Å². The monoisotopic (exact) mass is 457 g/mol. The first-order valence-corrected chi connectivity index (χ1v) is 11.1. The molecule has 0 spiro atoms. The van der Waals surface area contributed by atoms with E-state index in [4.69, 9.17) is 0 Å². The minimum absolute atomic E-state index is 0.0400. The third-order valence-electron chi connectivity index (χ3n) is 5.28. The molecule has 2 aromatic rings. The first-order chi connectivity index (χ1) is 15.4. The second-order valence-electron chi connectivity index (χ2n) is 7.58. The van der Waals surface area contributed by atoms with Crippen molar-refractivity contribution in [2.24, 2.45) is 0 Å². The molecule has 2 saturated heterocycles. The number of carbonyl (C=O) groups excluding carboxylic acids is 3. The fraction of sp³-hybridized carbons (Fsp3) is 0.261. The molecule has 0 bridgehead atoms. The van der Waals surface area contributed by atoms with Crippen molar-refractivity contribution in [3.05, 3.63) is 64.6 Å². The van der Waals surface area contributed by atoms with Crippen LogP contribution in [-0.4, -0.2) is 41.6 Å². The number of halogens is 2. The molecule has 1 N–H and O–H groups in total. The largest absolute Gasteiger partial charge is 0.371 e. The van der Waals surface area contributed by atoms with E-state index in [0.717, 1.165) is 42.6 Å². The number of nitrogens with zero attached hydrogens (tertiary/aromatic N) is 2. The van der Waals surface area contributed by atoms with Crippen molar-refractivity contribution in [2.75, 3.05) is 29.9 Å². The van der Waals surface area contributed by atoms with Crippen LogP contribution in [0, 0.1) is 11.6 Å². The highest BCUT2D eigenvalue weighted by molar-refractivity contribution is 8.18. The minimum Gasteiger partial charge on any atom is -0.371 e. The number of amides is 3. The number of imide groups is 1. The molecule has 6 nitrogen and oxygen atoms in total. The van der Waals surface area contributed by atoms with Crippen LogP contribution in [-0.2, 0) is 9.59 Å². The smallest absolute Gasteiger partial charge is 0.294 e. The maximum atomic E-state index is 14.7. The summed E-state index contributed by atoms with van der Waals surface area (Å²) in [5, 5.41) is 1.82. The van der Waals surface area contributed by atoms with E-state index in [-0.39, 0.29) is 16.2 Å². The molecule has 4 rings (SSSR count). The van der Waals surface area contributed by atoms with Crippen LogP contribution in [0.2, 0.25) is 0 Å². The second kappa shape index (κ2) is 9.52. The summed E-state index contributed by atoms with van der Waals surface area (Å²) < 4.78 is 27.9. The Kier molecular flexibility index (Phi) is 6.55. The van der Waals surface area contributed by atoms with Crippen molar-refractivity contribution in [3.8, 4) is 0 Å². The molecular formula is C23H21F2N3O3S. The molecule has 0 atom stereocenters. The van der Waals surface area contributed by atoms with Gasteiger partial charge in [0.05, 0.1) is 4.91 Å². The Balaban J connectivity index is 1.44. The minimum atomic E-state index is -0.672. The van der Waals surface area contributed by atoms with E-state index in [1.165, 1.54) is 36.8 Å². The molecule has 0 saturated carbocycles. The molecule has 2 fully saturated rings. The topological polar surface area (TPSA) is 69.7 Å². The SMILES string of the molecule is O=C(CN1C(=O)S/C(=C/c2ccc(N3CCCCC3)cc2F)C1=O)Nc1cccc(F)c1. The van der Waals surface area contributed by atoms with Crippen LogP contribution in [0.3, 0.4) is 0 Å². The lowest BCUT2D eigenvalue weighted by Gasteiger charge is -2.28. The van der Waals surface area contributed by atoms with Gasteiger partial charge < -0.3 is 10.2 Å². The summed E-state index contributed by atoms with van der Waals surface area (Å²) in [5.74, 6) is -2.32. The molecule has 0 unspecified atom stereocenters. The summed E-state index contributed by atoms with van der Waals surface area (Å²) >= 11 is 0.650. The van der Waals surface area contributed by atoms with Crippen LogP contribution >= 0.6 is 11.8 Å². The van der Waals surface area contributed by atoms with Gasteiger partial charge in [-0.05, 0) is 73.5 Å². The molecule has 0 radical (unpaired) electrons. The third kappa shape index (κ3) is 4.99. The molecule has 3 amide bonds. The van der Waals surface area contributed by atoms with Crippen molar-refractivity contribution >= 4 is 46.3 Å². The lowest BCUT2D eigenvalue weighted by molar-refractivity contribution is -0.127. The molecule has 0 aromatic heterocycles. The van der Waals surface area contributed by atoms with Crippen LogP contribution in [0.5, 0.6) is 0 Å². The fourth-order valence-corrected chi connectivity index (χ4v) is 4.50. The Hall–Kier alpha value is -3.20. The van der Waals surface area contributed by atoms with Gasteiger partial charge in [-0.3, -0.25) is 19.3 Å². The van der Waals surface area contributed by atoms with E-state index < -0.39 is 35.2 Å². The van der Waals surface area contributed by atoms with E-state index in [2.05, 4.69) is 10.2 Å². The summed E-state index contributed by atoms with van der Waals surface area (Å²) in [6.45, 7) is 1.25. The fourth-order valence-electron chi connectivity index (χ4n) is 3.67. The van der Waals surface area contributed by atoms with Crippen molar-refractivity contribution in [1.29, 1.82) is 0 Å². The van der Waals surface area contributed by atoms with E-state index in [1.54, 1.807) is 12.1 Å². The number of thioether (sulfide) groups is 1. The first kappa shape index (κ1) is 22.0. The number of hydrogen-bond acceptors (Lipinski definition) is 5. The van der Waals surface area contributed by atoms with E-state index in [9.17, 15) is 23.2 Å². The summed E-state index contributed by atoms with van der Waals surface area (Å²) in [6.07, 6.45) is 4.64. The summed E-state index contributed by atoms with van der Waals surface area (Å²) in [5.41, 5.74) is 1.20. The molecule has 9 heteroatoms. The highest BCUT2D eigenvalue weighted by Gasteiger charge is 2.36. The number of hydrogen-bond donors (Lipinski definition) is 1. The van der Waals surface area contributed by atoms with Gasteiger partial charge >= 0.3 is 0 Å². The molecule has 0 aliphatic carbocycles. The van der Waals surface area contributed by atoms with E-state index in [1.807, 2.05) is 0 Å². The van der Waals surface area contributed by atoms with Crippen molar-refractivity contribution < 1.29 is 23.2 Å². The number of benzene rings is 2. The maximum Gasteiger partial charge on any atom is 0.294 e. The predicted molar refractivity (Wildman–Crippen MR) is 120 cm³/mol. The normalized spacial score (nSPS) is 17.9. The molecule has 32 heavy (non-hydrogen) atoms. The quantitative estimate of drug-likeness (QED) is 0.663. The zero-order valence-corrected chi connectivity index (χ0v) is 18.0. The van der Waals surface area contributed by atoms with Crippen LogP contribution in [0.25, 0.3) is 6.08 Å². The van der Waals surface area contributed by atoms with Gasteiger partial charge in [-0.25, -0.2) is 8.78 Å². The van der Waals surface area contributed by atoms with E-state index in [0.29, 0.717) is 11.8 Å². The first-order valence-electron chi connectivity index (χ1n) is 10.3. The highest BCUT2D eigenvalue weighted by atomic mass is 32.2. The highest BCUT2D eigenvalue weighted by Crippen LogP contribution is 2.33. The van der Waals surface area contributed by atoms with Gasteiger partial charge in [0.15, 0.2) is 0 Å². The van der Waals surface area contributed by atoms with Crippen LogP contribution < -0.4 is 10.2 Å². The molecule has 2 aliphatic heterocycles. The van der Waals surface area contributed by atoms with Crippen LogP contribution in [0.4, 0.5) is 25.0 Å². The predicted octanol–water partition coefficient (Wildman–Crippen LogP) is 4.63. The van der Waals surface area contributed by atoms with Gasteiger partial charge in [0.25, 0.3) is 11.1 Å². The summed E-state index contributed by atoms with van der Waals surface area (Å²) in [7, 11) is 0. The number of nitrogens with one attached hydrogen (secondary N) is 1. The van der Waals surface area contributed by atoms with E-state index >= 15 is 0 Å². The number of rotatable bonds is 5. The average molecular weight is 458 g/mol. The molecular weight excluding hydrogens is 436 g/mol. The standard InChI is InChI=1S/C23H21F2N3O3S/c24-16-5-4-6-17(12-16)26-21(29)14-28-22(30)20(32-23(28)31)11-15-7-8-18(13-19(15)25)27-9-2-1-3-10-27/h4-8,11-13H,1-3,9-10,14H2,(H,26,29)/b20-11+. The zero-order chi connectivity index (χ0) is 22.7. The van der Waals surface area contributed by atoms with Crippen LogP contribution in [0.1, 0.15) is 24.8 Å². The number of piperidine rings is 1. The molecule has 2 heterocycles. The van der Waals surface area contributed by atoms with Crippen molar-refractivity contribution in [3.63, 3.8) is 0 Å². The maximum absolute atomic E-state index is 14.7. The second-order valence-corrected chi connectivity index (χ2v) is 8.57. The van der Waals surface area contributed by atoms with Gasteiger partial charge in [-0.1, -0.05) is 6.07 Å². The molecule has 2 aliphatic rings. The third-order valence-corrected chi connectivity index (χ3v) is 6.18. The van der Waals surface area contributed by atoms with Gasteiger partial charge in [0, 0.05) is 30.0 Å².